The summed E-state index contributed by atoms with van der Waals surface area (Å²) in [5.74, 6) is 0.672. The summed E-state index contributed by atoms with van der Waals surface area (Å²) >= 11 is 0. The van der Waals surface area contributed by atoms with E-state index in [0.29, 0.717) is 18.4 Å². The molecule has 0 saturated carbocycles. The fourth-order valence-corrected chi connectivity index (χ4v) is 1.82. The molecule has 82 valence electrons. The highest BCUT2D eigenvalue weighted by atomic mass is 16.1. The molecule has 1 saturated heterocycles. The summed E-state index contributed by atoms with van der Waals surface area (Å²) in [5, 5.41) is 6.45. The van der Waals surface area contributed by atoms with Crippen LogP contribution in [0.3, 0.4) is 0 Å². The zero-order valence-corrected chi connectivity index (χ0v) is 9.31. The van der Waals surface area contributed by atoms with Gasteiger partial charge in [-0.25, -0.2) is 0 Å². The molecule has 1 amide bonds. The lowest BCUT2D eigenvalue weighted by Crippen LogP contribution is -2.35. The van der Waals surface area contributed by atoms with Gasteiger partial charge in [0.2, 0.25) is 5.91 Å². The maximum Gasteiger partial charge on any atom is 0.220 e. The van der Waals surface area contributed by atoms with Crippen LogP contribution in [0.15, 0.2) is 0 Å². The Morgan fingerprint density at radius 1 is 1.43 bits per heavy atom. The Bertz CT molecular complexity index is 172. The Labute approximate surface area is 86.6 Å². The molecule has 3 nitrogen and oxygen atoms in total. The molecule has 0 spiro atoms. The Balaban J connectivity index is 2.23. The van der Waals surface area contributed by atoms with Crippen molar-refractivity contribution in [3.05, 3.63) is 0 Å². The molecule has 0 aromatic heterocycles. The van der Waals surface area contributed by atoms with Crippen LogP contribution in [0.4, 0.5) is 0 Å². The van der Waals surface area contributed by atoms with Crippen molar-refractivity contribution in [3.8, 4) is 0 Å². The average Bonchev–Trinajstić information content (AvgIpc) is 2.31. The summed E-state index contributed by atoms with van der Waals surface area (Å²) in [6.45, 7) is 6.28. The highest BCUT2D eigenvalue weighted by molar-refractivity contribution is 5.76. The van der Waals surface area contributed by atoms with Gasteiger partial charge in [0.25, 0.3) is 0 Å². The molecule has 3 heteroatoms. The fraction of sp³-hybridized carbons (Fsp3) is 0.909. The molecule has 1 rings (SSSR count). The van der Waals surface area contributed by atoms with Gasteiger partial charge in [-0.2, -0.15) is 0 Å². The van der Waals surface area contributed by atoms with Gasteiger partial charge in [-0.15, -0.1) is 0 Å². The first-order valence-corrected chi connectivity index (χ1v) is 5.68. The lowest BCUT2D eigenvalue weighted by molar-refractivity contribution is -0.122. The van der Waals surface area contributed by atoms with E-state index in [4.69, 9.17) is 0 Å². The standard InChI is InChI=1S/C11H22N2O/c1-9(2)8-11(14)13-10-4-3-6-12-7-5-10/h9-10,12H,3-8H2,1-2H3,(H,13,14). The number of rotatable bonds is 3. The second-order valence-corrected chi connectivity index (χ2v) is 4.54. The molecule has 1 aliphatic heterocycles. The van der Waals surface area contributed by atoms with Gasteiger partial charge in [0.1, 0.15) is 0 Å². The van der Waals surface area contributed by atoms with E-state index in [1.807, 2.05) is 0 Å². The molecule has 0 radical (unpaired) electrons. The Kier molecular flexibility index (Phi) is 4.94. The Morgan fingerprint density at radius 2 is 2.21 bits per heavy atom. The number of carbonyl (C=O) groups excluding carboxylic acids is 1. The van der Waals surface area contributed by atoms with E-state index in [1.165, 1.54) is 6.42 Å². The molecule has 1 heterocycles. The average molecular weight is 198 g/mol. The van der Waals surface area contributed by atoms with Crippen molar-refractivity contribution >= 4 is 5.91 Å². The molecule has 0 aliphatic carbocycles. The number of hydrogen-bond acceptors (Lipinski definition) is 2. The highest BCUT2D eigenvalue weighted by Crippen LogP contribution is 2.06. The van der Waals surface area contributed by atoms with Crippen LogP contribution in [0.25, 0.3) is 0 Å². The number of nitrogens with one attached hydrogen (secondary N) is 2. The van der Waals surface area contributed by atoms with Crippen LogP contribution < -0.4 is 10.6 Å². The molecule has 0 aromatic carbocycles. The zero-order chi connectivity index (χ0) is 10.4. The van der Waals surface area contributed by atoms with Crippen LogP contribution in [0.5, 0.6) is 0 Å². The summed E-state index contributed by atoms with van der Waals surface area (Å²) in [6.07, 6.45) is 4.03. The predicted molar refractivity (Wildman–Crippen MR) is 58.1 cm³/mol. The van der Waals surface area contributed by atoms with Crippen molar-refractivity contribution in [2.75, 3.05) is 13.1 Å². The minimum Gasteiger partial charge on any atom is -0.353 e. The van der Waals surface area contributed by atoms with Crippen LogP contribution in [-0.2, 0) is 4.79 Å². The number of amides is 1. The van der Waals surface area contributed by atoms with Gasteiger partial charge in [0.15, 0.2) is 0 Å². The maximum absolute atomic E-state index is 11.5. The van der Waals surface area contributed by atoms with Crippen LogP contribution >= 0.6 is 0 Å². The Hall–Kier alpha value is -0.570. The van der Waals surface area contributed by atoms with Crippen molar-refractivity contribution in [1.29, 1.82) is 0 Å². The minimum absolute atomic E-state index is 0.215. The molecular weight excluding hydrogens is 176 g/mol. The lowest BCUT2D eigenvalue weighted by Gasteiger charge is -2.16. The van der Waals surface area contributed by atoms with Crippen molar-refractivity contribution in [3.63, 3.8) is 0 Å². The predicted octanol–water partition coefficient (Wildman–Crippen LogP) is 1.29. The largest absolute Gasteiger partial charge is 0.353 e. The first-order chi connectivity index (χ1) is 6.68. The second kappa shape index (κ2) is 6.02. The normalized spacial score (nSPS) is 23.2. The fourth-order valence-electron chi connectivity index (χ4n) is 1.82. The van der Waals surface area contributed by atoms with E-state index >= 15 is 0 Å². The summed E-state index contributed by atoms with van der Waals surface area (Å²) < 4.78 is 0. The van der Waals surface area contributed by atoms with Crippen molar-refractivity contribution in [2.45, 2.75) is 45.6 Å². The van der Waals surface area contributed by atoms with E-state index in [9.17, 15) is 4.79 Å². The quantitative estimate of drug-likeness (QED) is 0.717. The zero-order valence-electron chi connectivity index (χ0n) is 9.31. The van der Waals surface area contributed by atoms with Gasteiger partial charge in [-0.3, -0.25) is 4.79 Å². The molecular formula is C11H22N2O. The van der Waals surface area contributed by atoms with E-state index in [-0.39, 0.29) is 5.91 Å². The molecule has 2 N–H and O–H groups in total. The third kappa shape index (κ3) is 4.61. The first kappa shape index (κ1) is 11.5. The van der Waals surface area contributed by atoms with E-state index < -0.39 is 0 Å². The van der Waals surface area contributed by atoms with Crippen LogP contribution in [0.1, 0.15) is 39.5 Å². The van der Waals surface area contributed by atoms with Gasteiger partial charge < -0.3 is 10.6 Å². The Morgan fingerprint density at radius 3 is 2.93 bits per heavy atom. The highest BCUT2D eigenvalue weighted by Gasteiger charge is 2.14. The first-order valence-electron chi connectivity index (χ1n) is 5.68. The van der Waals surface area contributed by atoms with Gasteiger partial charge in [-0.05, 0) is 38.3 Å². The summed E-state index contributed by atoms with van der Waals surface area (Å²) in [4.78, 5) is 11.5. The topological polar surface area (TPSA) is 41.1 Å². The molecule has 1 unspecified atom stereocenters. The van der Waals surface area contributed by atoms with E-state index in [2.05, 4.69) is 24.5 Å². The van der Waals surface area contributed by atoms with Crippen molar-refractivity contribution < 1.29 is 4.79 Å². The molecule has 0 aromatic rings. The third-order valence-corrected chi connectivity index (χ3v) is 2.53. The van der Waals surface area contributed by atoms with Crippen LogP contribution in [0, 0.1) is 5.92 Å². The summed E-state index contributed by atoms with van der Waals surface area (Å²) in [7, 11) is 0. The van der Waals surface area contributed by atoms with Crippen LogP contribution in [0.2, 0.25) is 0 Å². The molecule has 1 atom stereocenters. The van der Waals surface area contributed by atoms with Gasteiger partial charge in [0.05, 0.1) is 0 Å². The summed E-state index contributed by atoms with van der Waals surface area (Å²) in [6, 6.07) is 0.399. The summed E-state index contributed by atoms with van der Waals surface area (Å²) in [5.41, 5.74) is 0. The third-order valence-electron chi connectivity index (χ3n) is 2.53. The van der Waals surface area contributed by atoms with Gasteiger partial charge >= 0.3 is 0 Å². The number of carbonyl (C=O) groups is 1. The molecule has 0 bridgehead atoms. The van der Waals surface area contributed by atoms with Crippen molar-refractivity contribution in [2.24, 2.45) is 5.92 Å². The van der Waals surface area contributed by atoms with Gasteiger partial charge in [-0.1, -0.05) is 13.8 Å². The monoisotopic (exact) mass is 198 g/mol. The molecule has 1 aliphatic rings. The number of hydrogen-bond donors (Lipinski definition) is 2. The SMILES string of the molecule is CC(C)CC(=O)NC1CCCNCC1. The smallest absolute Gasteiger partial charge is 0.220 e. The second-order valence-electron chi connectivity index (χ2n) is 4.54. The van der Waals surface area contributed by atoms with E-state index in [0.717, 1.165) is 25.9 Å². The lowest BCUT2D eigenvalue weighted by atomic mass is 10.1. The molecule has 1 fully saturated rings. The maximum atomic E-state index is 11.5. The van der Waals surface area contributed by atoms with Crippen LogP contribution in [-0.4, -0.2) is 25.0 Å². The minimum atomic E-state index is 0.215. The van der Waals surface area contributed by atoms with Gasteiger partial charge in [0, 0.05) is 12.5 Å². The molecule has 14 heavy (non-hydrogen) atoms. The van der Waals surface area contributed by atoms with Crippen molar-refractivity contribution in [1.82, 2.24) is 10.6 Å². The van der Waals surface area contributed by atoms with E-state index in [1.54, 1.807) is 0 Å².